The van der Waals surface area contributed by atoms with Crippen molar-refractivity contribution in [3.63, 3.8) is 0 Å². The van der Waals surface area contributed by atoms with Crippen LogP contribution in [0.2, 0.25) is 0 Å². The van der Waals surface area contributed by atoms with E-state index in [-0.39, 0.29) is 0 Å². The Bertz CT molecular complexity index is 201. The summed E-state index contributed by atoms with van der Waals surface area (Å²) in [5.74, 6) is 0. The highest BCUT2D eigenvalue weighted by Gasteiger charge is 2.09. The van der Waals surface area contributed by atoms with Crippen LogP contribution in [-0.2, 0) is 0 Å². The molecule has 0 amide bonds. The molecule has 1 nitrogen and oxygen atoms in total. The fraction of sp³-hybridized carbons (Fsp3) is 0.636. The molecule has 0 bridgehead atoms. The van der Waals surface area contributed by atoms with E-state index in [1.165, 1.54) is 18.5 Å². The quantitative estimate of drug-likeness (QED) is 0.608. The summed E-state index contributed by atoms with van der Waals surface area (Å²) in [6, 6.07) is 0. The van der Waals surface area contributed by atoms with Gasteiger partial charge in [0.2, 0.25) is 0 Å². The van der Waals surface area contributed by atoms with Gasteiger partial charge in [0, 0.05) is 13.1 Å². The van der Waals surface area contributed by atoms with Crippen LogP contribution >= 0.6 is 0 Å². The minimum absolute atomic E-state index is 1.14. The number of likely N-dealkylation sites (N-methyl/N-ethyl adjacent to an activating group) is 1. The van der Waals surface area contributed by atoms with Gasteiger partial charge in [-0.15, -0.1) is 0 Å². The predicted molar refractivity (Wildman–Crippen MR) is 54.2 cm³/mol. The number of rotatable bonds is 2. The van der Waals surface area contributed by atoms with Crippen LogP contribution in [0.4, 0.5) is 0 Å². The highest BCUT2D eigenvalue weighted by molar-refractivity contribution is 5.27. The van der Waals surface area contributed by atoms with Gasteiger partial charge in [-0.2, -0.15) is 0 Å². The van der Waals surface area contributed by atoms with E-state index in [0.717, 1.165) is 13.0 Å². The fourth-order valence-corrected chi connectivity index (χ4v) is 1.60. The zero-order chi connectivity index (χ0) is 8.97. The van der Waals surface area contributed by atoms with Crippen molar-refractivity contribution >= 4 is 0 Å². The molecule has 68 valence electrons. The molecule has 1 aliphatic rings. The maximum atomic E-state index is 2.37. The Morgan fingerprint density at radius 3 is 2.83 bits per heavy atom. The largest absolute Gasteiger partial charge is 0.302 e. The summed E-state index contributed by atoms with van der Waals surface area (Å²) in [4.78, 5) is 2.37. The zero-order valence-electron chi connectivity index (χ0n) is 8.43. The van der Waals surface area contributed by atoms with Crippen LogP contribution in [0.1, 0.15) is 26.7 Å². The summed E-state index contributed by atoms with van der Waals surface area (Å²) in [5.41, 5.74) is 3.09. The first-order chi connectivity index (χ1) is 5.74. The Balaban J connectivity index is 2.62. The summed E-state index contributed by atoms with van der Waals surface area (Å²) in [6.07, 6.45) is 6.91. The highest BCUT2D eigenvalue weighted by atomic mass is 15.1. The second-order valence-electron chi connectivity index (χ2n) is 3.60. The third-order valence-electron chi connectivity index (χ3n) is 2.37. The van der Waals surface area contributed by atoms with E-state index in [1.54, 1.807) is 5.57 Å². The fourth-order valence-electron chi connectivity index (χ4n) is 1.60. The van der Waals surface area contributed by atoms with Gasteiger partial charge in [0.15, 0.2) is 0 Å². The molecule has 1 aliphatic heterocycles. The molecular weight excluding hydrogens is 146 g/mol. The third kappa shape index (κ3) is 2.49. The number of allylic oxidation sites excluding steroid dienone is 2. The second-order valence-corrected chi connectivity index (χ2v) is 3.60. The molecule has 0 saturated carbocycles. The first-order valence-electron chi connectivity index (χ1n) is 4.77. The van der Waals surface area contributed by atoms with Crippen molar-refractivity contribution in [1.82, 2.24) is 4.90 Å². The van der Waals surface area contributed by atoms with Gasteiger partial charge in [0.1, 0.15) is 0 Å². The third-order valence-corrected chi connectivity index (χ3v) is 2.37. The van der Waals surface area contributed by atoms with E-state index in [4.69, 9.17) is 0 Å². The van der Waals surface area contributed by atoms with Crippen molar-refractivity contribution in [2.45, 2.75) is 26.7 Å². The minimum Gasteiger partial charge on any atom is -0.302 e. The first kappa shape index (κ1) is 9.53. The smallest absolute Gasteiger partial charge is 0.0193 e. The lowest BCUT2D eigenvalue weighted by atomic mass is 10.0. The lowest BCUT2D eigenvalue weighted by molar-refractivity contribution is 0.350. The second kappa shape index (κ2) is 4.46. The molecule has 0 N–H and O–H groups in total. The van der Waals surface area contributed by atoms with Crippen LogP contribution in [0.25, 0.3) is 0 Å². The number of hydrogen-bond donors (Lipinski definition) is 0. The number of hydrogen-bond acceptors (Lipinski definition) is 1. The topological polar surface area (TPSA) is 3.24 Å². The Morgan fingerprint density at radius 2 is 2.25 bits per heavy atom. The molecule has 1 heterocycles. The molecule has 0 spiro atoms. The molecule has 12 heavy (non-hydrogen) atoms. The normalized spacial score (nSPS) is 20.9. The van der Waals surface area contributed by atoms with Crippen molar-refractivity contribution in [1.29, 1.82) is 0 Å². The van der Waals surface area contributed by atoms with Crippen LogP contribution in [0.15, 0.2) is 23.3 Å². The molecule has 0 aromatic carbocycles. The monoisotopic (exact) mass is 165 g/mol. The van der Waals surface area contributed by atoms with Gasteiger partial charge in [0.05, 0.1) is 0 Å². The van der Waals surface area contributed by atoms with Crippen LogP contribution in [0.3, 0.4) is 0 Å². The van der Waals surface area contributed by atoms with Gasteiger partial charge in [-0.1, -0.05) is 24.6 Å². The van der Waals surface area contributed by atoms with Crippen molar-refractivity contribution in [2.75, 3.05) is 20.1 Å². The lowest BCUT2D eigenvalue weighted by Gasteiger charge is -2.24. The van der Waals surface area contributed by atoms with Gasteiger partial charge in [0.25, 0.3) is 0 Å². The molecule has 1 heteroatoms. The molecule has 0 radical (unpaired) electrons. The molecule has 0 aromatic heterocycles. The molecule has 0 aliphatic carbocycles. The molecule has 1 rings (SSSR count). The van der Waals surface area contributed by atoms with Crippen molar-refractivity contribution < 1.29 is 0 Å². The summed E-state index contributed by atoms with van der Waals surface area (Å²) in [5, 5.41) is 0. The first-order valence-corrected chi connectivity index (χ1v) is 4.77. The van der Waals surface area contributed by atoms with E-state index in [9.17, 15) is 0 Å². The summed E-state index contributed by atoms with van der Waals surface area (Å²) in [7, 11) is 2.18. The maximum Gasteiger partial charge on any atom is 0.0193 e. The molecule has 0 saturated heterocycles. The standard InChI is InChI=1S/C11H19N/c1-4-5-6-11-7-8-12(3)9-10(11)2/h5-6H,4,7-9H2,1-3H3/b6-5-. The minimum atomic E-state index is 1.14. The van der Waals surface area contributed by atoms with Gasteiger partial charge in [-0.05, 0) is 32.4 Å². The predicted octanol–water partition coefficient (Wildman–Crippen LogP) is 2.60. The van der Waals surface area contributed by atoms with Gasteiger partial charge >= 0.3 is 0 Å². The molecule has 0 unspecified atom stereocenters. The van der Waals surface area contributed by atoms with Gasteiger partial charge in [-0.25, -0.2) is 0 Å². The lowest BCUT2D eigenvalue weighted by Crippen LogP contribution is -2.26. The molecular formula is C11H19N. The maximum absolute atomic E-state index is 2.37. The van der Waals surface area contributed by atoms with E-state index in [2.05, 4.69) is 37.9 Å². The average Bonchev–Trinajstić information content (AvgIpc) is 2.03. The van der Waals surface area contributed by atoms with Gasteiger partial charge in [-0.3, -0.25) is 0 Å². The Labute approximate surface area is 75.8 Å². The average molecular weight is 165 g/mol. The SMILES string of the molecule is CC/C=C\C1=C(C)CN(C)CC1. The Kier molecular flexibility index (Phi) is 3.54. The highest BCUT2D eigenvalue weighted by Crippen LogP contribution is 2.17. The van der Waals surface area contributed by atoms with Crippen molar-refractivity contribution in [3.8, 4) is 0 Å². The van der Waals surface area contributed by atoms with Crippen LogP contribution in [-0.4, -0.2) is 25.0 Å². The van der Waals surface area contributed by atoms with Crippen molar-refractivity contribution in [2.24, 2.45) is 0 Å². The van der Waals surface area contributed by atoms with E-state index in [0.29, 0.717) is 0 Å². The summed E-state index contributed by atoms with van der Waals surface area (Å²) < 4.78 is 0. The molecule has 0 fully saturated rings. The molecule has 0 aromatic rings. The number of nitrogens with zero attached hydrogens (tertiary/aromatic N) is 1. The summed E-state index contributed by atoms with van der Waals surface area (Å²) in [6.45, 7) is 6.77. The van der Waals surface area contributed by atoms with E-state index < -0.39 is 0 Å². The zero-order valence-corrected chi connectivity index (χ0v) is 8.43. The Hall–Kier alpha value is -0.560. The Morgan fingerprint density at radius 1 is 1.50 bits per heavy atom. The van der Waals surface area contributed by atoms with Crippen molar-refractivity contribution in [3.05, 3.63) is 23.3 Å². The van der Waals surface area contributed by atoms with Crippen LogP contribution in [0.5, 0.6) is 0 Å². The van der Waals surface area contributed by atoms with Crippen LogP contribution in [0, 0.1) is 0 Å². The summed E-state index contributed by atoms with van der Waals surface area (Å²) >= 11 is 0. The molecule has 0 atom stereocenters. The van der Waals surface area contributed by atoms with E-state index >= 15 is 0 Å². The van der Waals surface area contributed by atoms with Crippen LogP contribution < -0.4 is 0 Å². The van der Waals surface area contributed by atoms with E-state index in [1.807, 2.05) is 0 Å². The van der Waals surface area contributed by atoms with Gasteiger partial charge < -0.3 is 4.90 Å².